The lowest BCUT2D eigenvalue weighted by atomic mass is 9.69. The molecule has 3 amide bonds. The van der Waals surface area contributed by atoms with Crippen molar-refractivity contribution in [2.24, 2.45) is 5.92 Å². The first-order chi connectivity index (χ1) is 29.2. The number of imide groups is 1. The lowest BCUT2D eigenvalue weighted by Gasteiger charge is -2.41. The van der Waals surface area contributed by atoms with Crippen LogP contribution in [0.25, 0.3) is 0 Å². The number of ether oxygens (including phenoxy) is 2. The van der Waals surface area contributed by atoms with Crippen molar-refractivity contribution in [2.45, 2.75) is 93.2 Å². The first-order valence-corrected chi connectivity index (χ1v) is 22.3. The number of hydrogen-bond acceptors (Lipinski definition) is 8. The minimum atomic E-state index is -0.613. The fraction of sp³-hybridized carbons (Fsp3) is 0.460. The summed E-state index contributed by atoms with van der Waals surface area (Å²) >= 11 is 0. The van der Waals surface area contributed by atoms with Gasteiger partial charge in [-0.3, -0.25) is 19.7 Å². The number of nitrogens with one attached hydrogen (secondary N) is 1. The molecule has 11 rings (SSSR count). The molecule has 4 saturated heterocycles. The number of rotatable bonds is 6. The third kappa shape index (κ3) is 6.58. The molecule has 4 aromatic rings. The number of piperidine rings is 3. The van der Waals surface area contributed by atoms with E-state index in [2.05, 4.69) is 81.8 Å². The van der Waals surface area contributed by atoms with Crippen molar-refractivity contribution in [3.05, 3.63) is 124 Å². The van der Waals surface area contributed by atoms with Gasteiger partial charge in [0.05, 0.1) is 18.8 Å². The summed E-state index contributed by atoms with van der Waals surface area (Å²) in [5.74, 6) is 1.52. The first-order valence-electron chi connectivity index (χ1n) is 22.3. The van der Waals surface area contributed by atoms with Crippen LogP contribution in [-0.2, 0) is 32.7 Å². The highest BCUT2D eigenvalue weighted by molar-refractivity contribution is 6.05. The fourth-order valence-electron chi connectivity index (χ4n) is 12.1. The van der Waals surface area contributed by atoms with Gasteiger partial charge in [0.2, 0.25) is 11.8 Å². The number of hydrogen-bond donors (Lipinski definition) is 2. The van der Waals surface area contributed by atoms with Gasteiger partial charge in [0.25, 0.3) is 5.91 Å². The average Bonchev–Trinajstić information content (AvgIpc) is 3.93. The highest BCUT2D eigenvalue weighted by atomic mass is 16.5. The molecule has 0 radical (unpaired) electrons. The predicted octanol–water partition coefficient (Wildman–Crippen LogP) is 6.82. The number of anilines is 1. The summed E-state index contributed by atoms with van der Waals surface area (Å²) in [6.07, 6.45) is 7.89. The Morgan fingerprint density at radius 1 is 0.800 bits per heavy atom. The molecule has 60 heavy (non-hydrogen) atoms. The van der Waals surface area contributed by atoms with Crippen LogP contribution in [-0.4, -0.2) is 90.2 Å². The van der Waals surface area contributed by atoms with Gasteiger partial charge < -0.3 is 29.3 Å². The molecule has 4 fully saturated rings. The fourth-order valence-corrected chi connectivity index (χ4v) is 12.1. The van der Waals surface area contributed by atoms with E-state index in [-0.39, 0.29) is 41.1 Å². The Balaban J connectivity index is 0.696. The summed E-state index contributed by atoms with van der Waals surface area (Å²) in [7, 11) is 0. The maximum absolute atomic E-state index is 13.4. The van der Waals surface area contributed by atoms with Gasteiger partial charge in [-0.2, -0.15) is 0 Å². The van der Waals surface area contributed by atoms with E-state index in [1.54, 1.807) is 4.90 Å². The minimum absolute atomic E-state index is 0.0316. The number of nitrogens with zero attached hydrogens (tertiary/aromatic N) is 3. The summed E-state index contributed by atoms with van der Waals surface area (Å²) in [5, 5.41) is 12.7. The summed E-state index contributed by atoms with van der Waals surface area (Å²) in [4.78, 5) is 44.5. The topological polar surface area (TPSA) is 112 Å². The summed E-state index contributed by atoms with van der Waals surface area (Å²) in [6, 6.07) is 29.7. The third-order valence-corrected chi connectivity index (χ3v) is 15.4. The number of aromatic hydroxyl groups is 1. The third-order valence-electron chi connectivity index (χ3n) is 15.4. The van der Waals surface area contributed by atoms with Gasteiger partial charge in [0, 0.05) is 60.7 Å². The van der Waals surface area contributed by atoms with E-state index in [1.807, 2.05) is 18.2 Å². The molecule has 4 aromatic carbocycles. The quantitative estimate of drug-likeness (QED) is 0.205. The lowest BCUT2D eigenvalue weighted by molar-refractivity contribution is -0.136. The molecule has 0 bridgehead atoms. The Kier molecular flexibility index (Phi) is 9.30. The molecule has 2 N–H and O–H groups in total. The number of fused-ring (bicyclic) bond motifs is 4. The molecule has 10 heteroatoms. The molecule has 2 spiro atoms. The first kappa shape index (κ1) is 37.8. The zero-order chi connectivity index (χ0) is 40.6. The molecule has 0 aromatic heterocycles. The molecule has 10 nitrogen and oxygen atoms in total. The summed E-state index contributed by atoms with van der Waals surface area (Å²) < 4.78 is 13.0. The van der Waals surface area contributed by atoms with Crippen LogP contribution in [0, 0.1) is 5.92 Å². The lowest BCUT2D eigenvalue weighted by Crippen LogP contribution is -2.52. The monoisotopic (exact) mass is 806 g/mol. The van der Waals surface area contributed by atoms with Crippen molar-refractivity contribution in [1.29, 1.82) is 0 Å². The van der Waals surface area contributed by atoms with Crippen LogP contribution < -0.4 is 15.0 Å². The van der Waals surface area contributed by atoms with Gasteiger partial charge in [-0.15, -0.1) is 0 Å². The number of amides is 3. The Labute approximate surface area is 351 Å². The van der Waals surface area contributed by atoms with E-state index in [4.69, 9.17) is 9.47 Å². The largest absolute Gasteiger partial charge is 0.508 e. The van der Waals surface area contributed by atoms with Crippen molar-refractivity contribution in [3.8, 4) is 11.5 Å². The van der Waals surface area contributed by atoms with E-state index in [9.17, 15) is 19.5 Å². The number of carbonyl (C=O) groups excluding carboxylic acids is 3. The zero-order valence-electron chi connectivity index (χ0n) is 34.2. The van der Waals surface area contributed by atoms with Gasteiger partial charge in [-0.1, -0.05) is 48.5 Å². The number of benzene rings is 4. The van der Waals surface area contributed by atoms with Crippen LogP contribution >= 0.6 is 0 Å². The number of carbonyl (C=O) groups is 3. The van der Waals surface area contributed by atoms with Gasteiger partial charge >= 0.3 is 0 Å². The van der Waals surface area contributed by atoms with Crippen molar-refractivity contribution >= 4 is 23.4 Å². The highest BCUT2D eigenvalue weighted by Gasteiger charge is 2.48. The smallest absolute Gasteiger partial charge is 0.255 e. The van der Waals surface area contributed by atoms with E-state index in [1.165, 1.54) is 33.5 Å². The van der Waals surface area contributed by atoms with E-state index < -0.39 is 6.04 Å². The zero-order valence-corrected chi connectivity index (χ0v) is 34.2. The van der Waals surface area contributed by atoms with E-state index in [0.717, 1.165) is 95.6 Å². The molecule has 6 heterocycles. The summed E-state index contributed by atoms with van der Waals surface area (Å²) in [6.45, 7) is 6.94. The molecule has 310 valence electrons. The second-order valence-corrected chi connectivity index (χ2v) is 18.8. The van der Waals surface area contributed by atoms with E-state index in [0.29, 0.717) is 42.7 Å². The second-order valence-electron chi connectivity index (χ2n) is 18.8. The molecule has 0 unspecified atom stereocenters. The molecule has 4 atom stereocenters. The van der Waals surface area contributed by atoms with Crippen molar-refractivity contribution in [2.75, 3.05) is 50.8 Å². The van der Waals surface area contributed by atoms with Crippen molar-refractivity contribution < 1.29 is 29.0 Å². The van der Waals surface area contributed by atoms with Gasteiger partial charge in [-0.05, 0) is 141 Å². The van der Waals surface area contributed by atoms with Gasteiger partial charge in [0.15, 0.2) is 0 Å². The van der Waals surface area contributed by atoms with Crippen molar-refractivity contribution in [3.63, 3.8) is 0 Å². The Bertz CT molecular complexity index is 2330. The van der Waals surface area contributed by atoms with Gasteiger partial charge in [0.1, 0.15) is 17.5 Å². The van der Waals surface area contributed by atoms with Crippen molar-refractivity contribution in [1.82, 2.24) is 15.1 Å². The summed E-state index contributed by atoms with van der Waals surface area (Å²) in [5.41, 5.74) is 9.28. The number of phenols is 1. The van der Waals surface area contributed by atoms with E-state index >= 15 is 0 Å². The normalized spacial score (nSPS) is 26.8. The molecule has 7 aliphatic rings. The van der Waals surface area contributed by atoms with Crippen LogP contribution in [0.5, 0.6) is 11.5 Å². The maximum Gasteiger partial charge on any atom is 0.255 e. The SMILES string of the molecule is O=C1CC[C@H](N2Cc3cc4c(cc3C2=O)OCC42CCN(C[C@H]3COC4(CCN(c5ccc([C@@H]6c7ccc(O)cc7CC[C@@H]6c6ccccc6)cc5)CC4)C3)CC2)C(=O)N1. The number of aryl methyl sites for hydroxylation is 1. The number of phenolic OH excluding ortho intramolecular Hbond substituents is 1. The Morgan fingerprint density at radius 2 is 1.60 bits per heavy atom. The predicted molar refractivity (Wildman–Crippen MR) is 227 cm³/mol. The molecular weight excluding hydrogens is 753 g/mol. The van der Waals surface area contributed by atoms with Crippen LogP contribution in [0.4, 0.5) is 5.69 Å². The average molecular weight is 807 g/mol. The Morgan fingerprint density at radius 3 is 2.38 bits per heavy atom. The Hall–Kier alpha value is -5.19. The highest BCUT2D eigenvalue weighted by Crippen LogP contribution is 2.50. The number of likely N-dealkylation sites (tertiary alicyclic amines) is 1. The van der Waals surface area contributed by atoms with Crippen LogP contribution in [0.15, 0.2) is 84.9 Å². The standard InChI is InChI=1S/C50H54N4O6/c55-38-11-13-40-35(24-38)8-12-39(33-4-2-1-3-5-33)46(40)34-6-9-37(10-7-34)53-22-18-50(19-23-53)27-32(30-60-50)28-52-20-16-49(17-21-52)31-59-44-26-41-36(25-42(44)49)29-54(48(41)58)43-14-15-45(56)51-47(43)57/h1-7,9-11,13,24-26,32,39,43,46,55H,8,12,14-23,27-31H2,(H,51,56,57)/t32-,39+,43-,46-/m0/s1. The second kappa shape index (κ2) is 14.8. The molecule has 6 aliphatic heterocycles. The van der Waals surface area contributed by atoms with Crippen LogP contribution in [0.1, 0.15) is 107 Å². The van der Waals surface area contributed by atoms with Crippen LogP contribution in [0.2, 0.25) is 0 Å². The van der Waals surface area contributed by atoms with Gasteiger partial charge in [-0.25, -0.2) is 0 Å². The molecular formula is C50H54N4O6. The molecule has 1 aliphatic carbocycles. The maximum atomic E-state index is 13.4. The van der Waals surface area contributed by atoms with Crippen LogP contribution in [0.3, 0.4) is 0 Å². The minimum Gasteiger partial charge on any atom is -0.508 e. The molecule has 0 saturated carbocycles.